The molecule has 4 unspecified atom stereocenters. The van der Waals surface area contributed by atoms with Crippen LogP contribution in [0.25, 0.3) is 0 Å². The third-order valence-corrected chi connectivity index (χ3v) is 12.1. The van der Waals surface area contributed by atoms with Crippen molar-refractivity contribution in [1.29, 1.82) is 0 Å². The molecule has 4 aromatic rings. The molecule has 0 saturated heterocycles. The standard InChI is InChI=1S/C43H52N2O2/c1-29-25-39(46-37-15-11-35(44)12-16-37)19-21-41(29)31-7-5-9-33(27-31)43(23-3-4-24-43)34-10-6-8-32(28-34)42-22-20-40(26-30(42)2)47-38-17-13-36(45)14-18-38/h11-22,25-26,31-34H,3-10,23-24,27-28,44-45H2,1-2H3. The van der Waals surface area contributed by atoms with Crippen LogP contribution in [0.3, 0.4) is 0 Å². The average molecular weight is 629 g/mol. The maximum atomic E-state index is 6.18. The third-order valence-electron chi connectivity index (χ3n) is 12.1. The van der Waals surface area contributed by atoms with Crippen LogP contribution in [-0.2, 0) is 0 Å². The number of rotatable bonds is 8. The summed E-state index contributed by atoms with van der Waals surface area (Å²) in [7, 11) is 0. The van der Waals surface area contributed by atoms with Crippen molar-refractivity contribution < 1.29 is 9.47 Å². The highest BCUT2D eigenvalue weighted by molar-refractivity contribution is 5.46. The molecule has 0 heterocycles. The van der Waals surface area contributed by atoms with Gasteiger partial charge in [0, 0.05) is 11.4 Å². The van der Waals surface area contributed by atoms with Gasteiger partial charge in [0.05, 0.1) is 0 Å². The van der Waals surface area contributed by atoms with Crippen molar-refractivity contribution in [3.05, 3.63) is 107 Å². The van der Waals surface area contributed by atoms with E-state index in [9.17, 15) is 0 Å². The van der Waals surface area contributed by atoms with Crippen molar-refractivity contribution in [2.45, 2.75) is 103 Å². The Balaban J connectivity index is 1.05. The van der Waals surface area contributed by atoms with Crippen LogP contribution in [0.5, 0.6) is 23.0 Å². The number of nitrogens with two attached hydrogens (primary N) is 2. The summed E-state index contributed by atoms with van der Waals surface area (Å²) in [5.41, 5.74) is 19.5. The maximum Gasteiger partial charge on any atom is 0.127 e. The second-order valence-corrected chi connectivity index (χ2v) is 14.9. The molecule has 0 aromatic heterocycles. The molecule has 3 fully saturated rings. The lowest BCUT2D eigenvalue weighted by molar-refractivity contribution is 0.0190. The smallest absolute Gasteiger partial charge is 0.127 e. The Hall–Kier alpha value is -3.92. The fraction of sp³-hybridized carbons (Fsp3) is 0.442. The second kappa shape index (κ2) is 13.7. The molecular weight excluding hydrogens is 576 g/mol. The Morgan fingerprint density at radius 2 is 0.915 bits per heavy atom. The zero-order valence-electron chi connectivity index (χ0n) is 28.3. The molecule has 0 aliphatic heterocycles. The van der Waals surface area contributed by atoms with Crippen molar-refractivity contribution in [2.24, 2.45) is 17.3 Å². The van der Waals surface area contributed by atoms with Crippen LogP contribution in [0, 0.1) is 31.1 Å². The van der Waals surface area contributed by atoms with Crippen molar-refractivity contribution >= 4 is 11.4 Å². The number of aryl methyl sites for hydroxylation is 2. The van der Waals surface area contributed by atoms with E-state index in [1.54, 1.807) is 0 Å². The normalized spacial score (nSPS) is 24.1. The van der Waals surface area contributed by atoms with Gasteiger partial charge < -0.3 is 20.9 Å². The first kappa shape index (κ1) is 31.7. The molecule has 0 amide bonds. The van der Waals surface area contributed by atoms with Gasteiger partial charge >= 0.3 is 0 Å². The number of nitrogen functional groups attached to an aromatic ring is 2. The van der Waals surface area contributed by atoms with Gasteiger partial charge in [-0.1, -0.05) is 37.8 Å². The summed E-state index contributed by atoms with van der Waals surface area (Å²) in [4.78, 5) is 0. The topological polar surface area (TPSA) is 70.5 Å². The molecule has 0 spiro atoms. The van der Waals surface area contributed by atoms with E-state index in [1.807, 2.05) is 48.5 Å². The monoisotopic (exact) mass is 628 g/mol. The van der Waals surface area contributed by atoms with Crippen LogP contribution in [0.15, 0.2) is 84.9 Å². The Kier molecular flexibility index (Phi) is 9.21. The van der Waals surface area contributed by atoms with Gasteiger partial charge in [0.25, 0.3) is 0 Å². The first-order valence-electron chi connectivity index (χ1n) is 18.1. The molecule has 3 saturated carbocycles. The Bertz CT molecular complexity index is 1540. The van der Waals surface area contributed by atoms with Crippen LogP contribution < -0.4 is 20.9 Å². The summed E-state index contributed by atoms with van der Waals surface area (Å²) in [5, 5.41) is 0. The summed E-state index contributed by atoms with van der Waals surface area (Å²) < 4.78 is 12.4. The molecular formula is C43H52N2O2. The number of benzene rings is 4. The quantitative estimate of drug-likeness (QED) is 0.190. The van der Waals surface area contributed by atoms with E-state index in [2.05, 4.69) is 50.2 Å². The summed E-state index contributed by atoms with van der Waals surface area (Å²) >= 11 is 0. The molecule has 47 heavy (non-hydrogen) atoms. The molecule has 0 bridgehead atoms. The Labute approximate surface area is 281 Å². The highest BCUT2D eigenvalue weighted by Crippen LogP contribution is 2.60. The molecule has 3 aliphatic rings. The largest absolute Gasteiger partial charge is 0.457 e. The van der Waals surface area contributed by atoms with Gasteiger partial charge in [-0.25, -0.2) is 0 Å². The molecule has 4 aromatic carbocycles. The zero-order chi connectivity index (χ0) is 32.4. The first-order chi connectivity index (χ1) is 22.9. The lowest BCUT2D eigenvalue weighted by atomic mass is 9.55. The van der Waals surface area contributed by atoms with E-state index in [0.29, 0.717) is 17.3 Å². The summed E-state index contributed by atoms with van der Waals surface area (Å²) in [6.07, 6.45) is 16.5. The number of ether oxygens (including phenoxy) is 2. The lowest BCUT2D eigenvalue weighted by Crippen LogP contribution is -2.40. The summed E-state index contributed by atoms with van der Waals surface area (Å²) in [6, 6.07) is 28.9. The summed E-state index contributed by atoms with van der Waals surface area (Å²) in [5.74, 6) is 6.42. The molecule has 3 aliphatic carbocycles. The average Bonchev–Trinajstić information content (AvgIpc) is 3.59. The highest BCUT2D eigenvalue weighted by atomic mass is 16.5. The van der Waals surface area contributed by atoms with E-state index >= 15 is 0 Å². The Morgan fingerprint density at radius 3 is 1.32 bits per heavy atom. The summed E-state index contributed by atoms with van der Waals surface area (Å²) in [6.45, 7) is 4.56. The molecule has 4 heteroatoms. The number of hydrogen-bond donors (Lipinski definition) is 2. The number of hydrogen-bond acceptors (Lipinski definition) is 4. The SMILES string of the molecule is Cc1cc(Oc2ccc(N)cc2)ccc1C1CCCC(C2(C3CCCC(c4ccc(Oc5ccc(N)cc5)cc4C)C3)CCCC2)C1. The van der Waals surface area contributed by atoms with Gasteiger partial charge in [0.1, 0.15) is 23.0 Å². The van der Waals surface area contributed by atoms with Crippen LogP contribution >= 0.6 is 0 Å². The zero-order valence-corrected chi connectivity index (χ0v) is 28.3. The van der Waals surface area contributed by atoms with Crippen LogP contribution in [0.2, 0.25) is 0 Å². The molecule has 246 valence electrons. The predicted molar refractivity (Wildman–Crippen MR) is 195 cm³/mol. The van der Waals surface area contributed by atoms with Crippen LogP contribution in [0.4, 0.5) is 11.4 Å². The number of anilines is 2. The molecule has 7 rings (SSSR count). The fourth-order valence-electron chi connectivity index (χ4n) is 9.86. The molecule has 0 radical (unpaired) electrons. The lowest BCUT2D eigenvalue weighted by Gasteiger charge is -2.50. The van der Waals surface area contributed by atoms with Crippen molar-refractivity contribution in [2.75, 3.05) is 11.5 Å². The third kappa shape index (κ3) is 6.89. The van der Waals surface area contributed by atoms with E-state index in [1.165, 1.54) is 99.3 Å². The van der Waals surface area contributed by atoms with Gasteiger partial charge in [-0.3, -0.25) is 0 Å². The van der Waals surface area contributed by atoms with E-state index in [0.717, 1.165) is 46.2 Å². The minimum Gasteiger partial charge on any atom is -0.457 e. The Morgan fingerprint density at radius 1 is 0.511 bits per heavy atom. The van der Waals surface area contributed by atoms with Gasteiger partial charge in [0.15, 0.2) is 0 Å². The van der Waals surface area contributed by atoms with Crippen molar-refractivity contribution in [3.8, 4) is 23.0 Å². The maximum absolute atomic E-state index is 6.18. The highest BCUT2D eigenvalue weighted by Gasteiger charge is 2.49. The van der Waals surface area contributed by atoms with E-state index in [4.69, 9.17) is 20.9 Å². The van der Waals surface area contributed by atoms with Crippen molar-refractivity contribution in [1.82, 2.24) is 0 Å². The minimum absolute atomic E-state index is 0.509. The molecule has 4 N–H and O–H groups in total. The van der Waals surface area contributed by atoms with Crippen LogP contribution in [-0.4, -0.2) is 0 Å². The second-order valence-electron chi connectivity index (χ2n) is 14.9. The fourth-order valence-corrected chi connectivity index (χ4v) is 9.86. The first-order valence-corrected chi connectivity index (χ1v) is 18.1. The van der Waals surface area contributed by atoms with Crippen molar-refractivity contribution in [3.63, 3.8) is 0 Å². The van der Waals surface area contributed by atoms with Gasteiger partial charge in [-0.2, -0.15) is 0 Å². The van der Waals surface area contributed by atoms with Gasteiger partial charge in [-0.15, -0.1) is 0 Å². The predicted octanol–water partition coefficient (Wildman–Crippen LogP) is 11.9. The van der Waals surface area contributed by atoms with Gasteiger partial charge in [-0.05, 0) is 189 Å². The minimum atomic E-state index is 0.509. The van der Waals surface area contributed by atoms with Gasteiger partial charge in [0.2, 0.25) is 0 Å². The molecule has 4 nitrogen and oxygen atoms in total. The molecule has 4 atom stereocenters. The van der Waals surface area contributed by atoms with E-state index < -0.39 is 0 Å². The van der Waals surface area contributed by atoms with E-state index in [-0.39, 0.29) is 0 Å². The van der Waals surface area contributed by atoms with Crippen LogP contribution in [0.1, 0.15) is 111 Å².